The summed E-state index contributed by atoms with van der Waals surface area (Å²) < 4.78 is 5.72. The van der Waals surface area contributed by atoms with Gasteiger partial charge in [0.1, 0.15) is 12.2 Å². The molecule has 5 heteroatoms. The van der Waals surface area contributed by atoms with Crippen LogP contribution in [0.2, 0.25) is 0 Å². The topological polar surface area (TPSA) is 66.2 Å². The molecule has 22 heavy (non-hydrogen) atoms. The lowest BCUT2D eigenvalue weighted by Crippen LogP contribution is -2.57. The maximum atomic E-state index is 12.4. The molecule has 1 amide bonds. The van der Waals surface area contributed by atoms with Gasteiger partial charge in [0.25, 0.3) is 0 Å². The molecule has 1 saturated heterocycles. The van der Waals surface area contributed by atoms with Crippen molar-refractivity contribution in [2.45, 2.75) is 45.6 Å². The van der Waals surface area contributed by atoms with Crippen LogP contribution in [-0.4, -0.2) is 35.0 Å². The first-order chi connectivity index (χ1) is 10.7. The van der Waals surface area contributed by atoms with Gasteiger partial charge in [-0.2, -0.15) is 5.26 Å². The number of likely N-dealkylation sites (tertiary alicyclic amines) is 1. The normalized spacial score (nSPS) is 14.5. The number of carbonyl (C=O) groups is 1. The van der Waals surface area contributed by atoms with Crippen LogP contribution in [0.4, 0.5) is 0 Å². The highest BCUT2D eigenvalue weighted by Gasteiger charge is 2.35. The maximum absolute atomic E-state index is 12.4. The third kappa shape index (κ3) is 3.97. The zero-order chi connectivity index (χ0) is 15.9. The fourth-order valence-electron chi connectivity index (χ4n) is 2.73. The van der Waals surface area contributed by atoms with Gasteiger partial charge in [-0.3, -0.25) is 4.79 Å². The number of nitriles is 1. The van der Waals surface area contributed by atoms with Crippen molar-refractivity contribution in [2.75, 3.05) is 13.1 Å². The van der Waals surface area contributed by atoms with Gasteiger partial charge < -0.3 is 9.64 Å². The molecule has 5 nitrogen and oxygen atoms in total. The molecule has 2 heterocycles. The second-order valence-electron chi connectivity index (χ2n) is 5.75. The van der Waals surface area contributed by atoms with Crippen molar-refractivity contribution >= 4 is 5.91 Å². The number of rotatable bonds is 7. The molecule has 2 rings (SSSR count). The van der Waals surface area contributed by atoms with E-state index < -0.39 is 0 Å². The van der Waals surface area contributed by atoms with Gasteiger partial charge in [0, 0.05) is 18.2 Å². The average Bonchev–Trinajstić information content (AvgIpc) is 2.50. The lowest BCUT2D eigenvalue weighted by atomic mass is 9.95. The van der Waals surface area contributed by atoms with Gasteiger partial charge in [-0.15, -0.1) is 0 Å². The van der Waals surface area contributed by atoms with Crippen LogP contribution in [0.1, 0.15) is 45.1 Å². The van der Waals surface area contributed by atoms with Gasteiger partial charge in [0.05, 0.1) is 18.7 Å². The summed E-state index contributed by atoms with van der Waals surface area (Å²) in [4.78, 5) is 18.4. The van der Waals surface area contributed by atoms with Crippen molar-refractivity contribution in [3.63, 3.8) is 0 Å². The van der Waals surface area contributed by atoms with Crippen molar-refractivity contribution in [1.29, 1.82) is 5.26 Å². The summed E-state index contributed by atoms with van der Waals surface area (Å²) in [5.74, 6) is 0.926. The molecule has 0 spiro atoms. The Morgan fingerprint density at radius 1 is 1.41 bits per heavy atom. The molecule has 0 unspecified atom stereocenters. The molecule has 1 aromatic rings. The maximum Gasteiger partial charge on any atom is 0.225 e. The molecule has 1 aromatic heterocycles. The summed E-state index contributed by atoms with van der Waals surface area (Å²) in [5, 5.41) is 8.73. The first kappa shape index (κ1) is 16.3. The van der Waals surface area contributed by atoms with Crippen molar-refractivity contribution in [3.8, 4) is 11.9 Å². The Balaban J connectivity index is 1.81. The predicted octanol–water partition coefficient (Wildman–Crippen LogP) is 2.76. The third-order valence-corrected chi connectivity index (χ3v) is 3.94. The molecule has 1 aliphatic rings. The molecule has 1 aliphatic heterocycles. The third-order valence-electron chi connectivity index (χ3n) is 3.94. The summed E-state index contributed by atoms with van der Waals surface area (Å²) >= 11 is 0. The highest BCUT2D eigenvalue weighted by molar-refractivity contribution is 5.79. The Hall–Kier alpha value is -2.09. The number of nitrogens with zero attached hydrogens (tertiary/aromatic N) is 3. The van der Waals surface area contributed by atoms with E-state index in [9.17, 15) is 4.79 Å². The molecule has 0 aromatic carbocycles. The molecule has 0 aliphatic carbocycles. The van der Waals surface area contributed by atoms with E-state index in [1.54, 1.807) is 12.1 Å². The van der Waals surface area contributed by atoms with E-state index in [0.717, 1.165) is 25.7 Å². The highest BCUT2D eigenvalue weighted by atomic mass is 16.5. The minimum absolute atomic E-state index is 0.00767. The Kier molecular flexibility index (Phi) is 5.76. The fraction of sp³-hybridized carbons (Fsp3) is 0.588. The Morgan fingerprint density at radius 2 is 2.09 bits per heavy atom. The highest BCUT2D eigenvalue weighted by Crippen LogP contribution is 2.22. The van der Waals surface area contributed by atoms with E-state index in [4.69, 9.17) is 10.00 Å². The van der Waals surface area contributed by atoms with E-state index in [-0.39, 0.29) is 17.9 Å². The monoisotopic (exact) mass is 301 g/mol. The Labute approximate surface area is 131 Å². The quantitative estimate of drug-likeness (QED) is 0.776. The zero-order valence-corrected chi connectivity index (χ0v) is 13.3. The molecule has 1 fully saturated rings. The van der Waals surface area contributed by atoms with Gasteiger partial charge in [0.2, 0.25) is 11.8 Å². The molecule has 0 N–H and O–H groups in total. The van der Waals surface area contributed by atoms with Gasteiger partial charge in [0.15, 0.2) is 0 Å². The molecule has 0 radical (unpaired) electrons. The first-order valence-corrected chi connectivity index (χ1v) is 7.99. The SMILES string of the molecule is CCCC(CCC)C(=O)N1CC(Oc2ccc(C#N)cn2)C1. The minimum Gasteiger partial charge on any atom is -0.471 e. The number of hydrogen-bond donors (Lipinski definition) is 0. The summed E-state index contributed by atoms with van der Waals surface area (Å²) in [5.41, 5.74) is 0.514. The van der Waals surface area contributed by atoms with Gasteiger partial charge in [-0.1, -0.05) is 26.7 Å². The van der Waals surface area contributed by atoms with E-state index in [0.29, 0.717) is 24.5 Å². The van der Waals surface area contributed by atoms with Crippen LogP contribution >= 0.6 is 0 Å². The van der Waals surface area contributed by atoms with Gasteiger partial charge in [-0.25, -0.2) is 4.98 Å². The molecule has 118 valence electrons. The molecule has 0 saturated carbocycles. The lowest BCUT2D eigenvalue weighted by molar-refractivity contribution is -0.145. The zero-order valence-electron chi connectivity index (χ0n) is 13.3. The fourth-order valence-corrected chi connectivity index (χ4v) is 2.73. The predicted molar refractivity (Wildman–Crippen MR) is 83.3 cm³/mol. The van der Waals surface area contributed by atoms with Crippen LogP contribution in [0.5, 0.6) is 5.88 Å². The Bertz CT molecular complexity index is 524. The lowest BCUT2D eigenvalue weighted by Gasteiger charge is -2.40. The molecule has 0 bridgehead atoms. The number of amides is 1. The summed E-state index contributed by atoms with van der Waals surface area (Å²) in [7, 11) is 0. The number of pyridine rings is 1. The molecular weight excluding hydrogens is 278 g/mol. The van der Waals surface area contributed by atoms with Gasteiger partial charge >= 0.3 is 0 Å². The van der Waals surface area contributed by atoms with Crippen LogP contribution in [-0.2, 0) is 4.79 Å². The summed E-state index contributed by atoms with van der Waals surface area (Å²) in [6, 6.07) is 5.40. The number of carbonyl (C=O) groups excluding carboxylic acids is 1. The van der Waals surface area contributed by atoms with Crippen molar-refractivity contribution < 1.29 is 9.53 Å². The first-order valence-electron chi connectivity index (χ1n) is 7.99. The van der Waals surface area contributed by atoms with E-state index in [2.05, 4.69) is 18.8 Å². The standard InChI is InChI=1S/C17H23N3O2/c1-3-5-14(6-4-2)17(21)20-11-15(12-20)22-16-8-7-13(9-18)10-19-16/h7-8,10,14-15H,3-6,11-12H2,1-2H3. The van der Waals surface area contributed by atoms with Gasteiger partial charge in [-0.05, 0) is 18.9 Å². The minimum atomic E-state index is 0.00767. The smallest absolute Gasteiger partial charge is 0.225 e. The van der Waals surface area contributed by atoms with Crippen molar-refractivity contribution in [3.05, 3.63) is 23.9 Å². The second kappa shape index (κ2) is 7.79. The van der Waals surface area contributed by atoms with Crippen LogP contribution in [0, 0.1) is 17.2 Å². The summed E-state index contributed by atoms with van der Waals surface area (Å²) in [6.07, 6.45) is 5.51. The van der Waals surface area contributed by atoms with Crippen molar-refractivity contribution in [2.24, 2.45) is 5.92 Å². The second-order valence-corrected chi connectivity index (χ2v) is 5.75. The van der Waals surface area contributed by atoms with Crippen LogP contribution < -0.4 is 4.74 Å². The Morgan fingerprint density at radius 3 is 2.59 bits per heavy atom. The summed E-state index contributed by atoms with van der Waals surface area (Å²) in [6.45, 7) is 5.50. The number of ether oxygens (including phenoxy) is 1. The van der Waals surface area contributed by atoms with E-state index >= 15 is 0 Å². The van der Waals surface area contributed by atoms with Crippen LogP contribution in [0.25, 0.3) is 0 Å². The van der Waals surface area contributed by atoms with Crippen LogP contribution in [0.15, 0.2) is 18.3 Å². The largest absolute Gasteiger partial charge is 0.471 e. The van der Waals surface area contributed by atoms with Crippen molar-refractivity contribution in [1.82, 2.24) is 9.88 Å². The number of aromatic nitrogens is 1. The van der Waals surface area contributed by atoms with E-state index in [1.165, 1.54) is 6.20 Å². The van der Waals surface area contributed by atoms with E-state index in [1.807, 2.05) is 11.0 Å². The van der Waals surface area contributed by atoms with Crippen LogP contribution in [0.3, 0.4) is 0 Å². The average molecular weight is 301 g/mol. The molecular formula is C17H23N3O2. The molecule has 0 atom stereocenters. The number of hydrogen-bond acceptors (Lipinski definition) is 4.